The predicted octanol–water partition coefficient (Wildman–Crippen LogP) is 14.3. The van der Waals surface area contributed by atoms with Crippen molar-refractivity contribution in [2.45, 2.75) is 63.2 Å². The van der Waals surface area contributed by atoms with Crippen molar-refractivity contribution in [1.29, 1.82) is 0 Å². The summed E-state index contributed by atoms with van der Waals surface area (Å²) in [6.07, 6.45) is 38.1. The normalized spacial score (nSPS) is 20.6. The Labute approximate surface area is 336 Å². The van der Waals surface area contributed by atoms with E-state index in [4.69, 9.17) is 4.42 Å². The number of fused-ring (bicyclic) bond motifs is 3. The summed E-state index contributed by atoms with van der Waals surface area (Å²) >= 11 is 0. The van der Waals surface area contributed by atoms with Crippen LogP contribution in [-0.4, -0.2) is 0 Å². The van der Waals surface area contributed by atoms with E-state index in [1.165, 1.54) is 61.3 Å². The van der Waals surface area contributed by atoms with Crippen LogP contribution in [0.15, 0.2) is 203 Å². The molecule has 57 heavy (non-hydrogen) atoms. The minimum atomic E-state index is 0.249. The maximum absolute atomic E-state index is 6.73. The molecule has 0 amide bonds. The zero-order valence-electron chi connectivity index (χ0n) is 32.4. The average Bonchev–Trinajstić information content (AvgIpc) is 3.68. The van der Waals surface area contributed by atoms with Crippen molar-refractivity contribution >= 4 is 38.8 Å². The molecule has 3 nitrogen and oxygen atoms in total. The Hall–Kier alpha value is -6.32. The lowest BCUT2D eigenvalue weighted by molar-refractivity contribution is 0.669. The Balaban J connectivity index is 0.978. The minimum Gasteiger partial charge on any atom is -0.454 e. The molecule has 0 spiro atoms. The molecule has 0 bridgehead atoms. The van der Waals surface area contributed by atoms with Gasteiger partial charge in [0.1, 0.15) is 5.58 Å². The number of nitrogens with one attached hydrogen (secondary N) is 2. The molecule has 10 rings (SSSR count). The van der Waals surface area contributed by atoms with Crippen molar-refractivity contribution in [3.63, 3.8) is 0 Å². The largest absolute Gasteiger partial charge is 0.454 e. The smallest absolute Gasteiger partial charge is 0.159 e. The quantitative estimate of drug-likeness (QED) is 0.158. The number of hydrogen-bond acceptors (Lipinski definition) is 3. The molecule has 4 aromatic carbocycles. The van der Waals surface area contributed by atoms with E-state index >= 15 is 0 Å². The highest BCUT2D eigenvalue weighted by Crippen LogP contribution is 2.44. The van der Waals surface area contributed by atoms with E-state index in [0.29, 0.717) is 0 Å². The third kappa shape index (κ3) is 7.04. The Morgan fingerprint density at radius 1 is 0.632 bits per heavy atom. The summed E-state index contributed by atoms with van der Waals surface area (Å²) in [5.74, 6) is 0.511. The van der Waals surface area contributed by atoms with Gasteiger partial charge in [0, 0.05) is 39.7 Å². The monoisotopic (exact) mass is 740 g/mol. The Bertz CT molecular complexity index is 2660. The van der Waals surface area contributed by atoms with Gasteiger partial charge in [0.2, 0.25) is 0 Å². The van der Waals surface area contributed by atoms with Crippen molar-refractivity contribution in [3.8, 4) is 0 Å². The topological polar surface area (TPSA) is 37.2 Å². The highest BCUT2D eigenvalue weighted by Gasteiger charge is 2.26. The van der Waals surface area contributed by atoms with Crippen LogP contribution in [0.2, 0.25) is 0 Å². The van der Waals surface area contributed by atoms with E-state index in [1.807, 2.05) is 0 Å². The van der Waals surface area contributed by atoms with Crippen molar-refractivity contribution in [1.82, 2.24) is 5.32 Å². The van der Waals surface area contributed by atoms with Gasteiger partial charge in [0.15, 0.2) is 5.58 Å². The summed E-state index contributed by atoms with van der Waals surface area (Å²) in [7, 11) is 0. The molecule has 2 N–H and O–H groups in total. The van der Waals surface area contributed by atoms with Crippen LogP contribution < -0.4 is 10.6 Å². The number of anilines is 1. The molecule has 3 heteroatoms. The fraction of sp³-hybridized carbons (Fsp3) is 0.185. The third-order valence-electron chi connectivity index (χ3n) is 12.2. The fourth-order valence-electron chi connectivity index (χ4n) is 9.31. The lowest BCUT2D eigenvalue weighted by atomic mass is 9.81. The zero-order chi connectivity index (χ0) is 38.0. The second-order valence-electron chi connectivity index (χ2n) is 15.8. The van der Waals surface area contributed by atoms with E-state index in [0.717, 1.165) is 79.3 Å². The zero-order valence-corrected chi connectivity index (χ0v) is 32.4. The Kier molecular flexibility index (Phi) is 9.65. The van der Waals surface area contributed by atoms with E-state index in [2.05, 4.69) is 181 Å². The maximum atomic E-state index is 6.73. The molecule has 0 saturated heterocycles. The number of benzene rings is 4. The second kappa shape index (κ2) is 15.7. The number of hydrogen-bond donors (Lipinski definition) is 2. The Morgan fingerprint density at radius 2 is 1.47 bits per heavy atom. The van der Waals surface area contributed by atoms with Gasteiger partial charge >= 0.3 is 0 Å². The first-order chi connectivity index (χ1) is 28.3. The van der Waals surface area contributed by atoms with E-state index < -0.39 is 0 Å². The molecule has 0 radical (unpaired) electrons. The van der Waals surface area contributed by atoms with Gasteiger partial charge in [-0.1, -0.05) is 146 Å². The van der Waals surface area contributed by atoms with Crippen LogP contribution in [0.25, 0.3) is 33.1 Å². The van der Waals surface area contributed by atoms with E-state index in [9.17, 15) is 0 Å². The first-order valence-electron chi connectivity index (χ1n) is 20.8. The van der Waals surface area contributed by atoms with Crippen molar-refractivity contribution in [2.75, 3.05) is 5.32 Å². The summed E-state index contributed by atoms with van der Waals surface area (Å²) in [5, 5.41) is 10.2. The Morgan fingerprint density at radius 3 is 2.33 bits per heavy atom. The number of allylic oxidation sites excluding steroid dienone is 18. The molecule has 0 saturated carbocycles. The van der Waals surface area contributed by atoms with Gasteiger partial charge in [-0.3, -0.25) is 0 Å². The van der Waals surface area contributed by atoms with E-state index in [1.54, 1.807) is 0 Å². The van der Waals surface area contributed by atoms with Crippen LogP contribution >= 0.6 is 0 Å². The summed E-state index contributed by atoms with van der Waals surface area (Å²) in [6, 6.07) is 33.2. The first-order valence-corrected chi connectivity index (χ1v) is 20.8. The predicted molar refractivity (Wildman–Crippen MR) is 240 cm³/mol. The highest BCUT2D eigenvalue weighted by molar-refractivity contribution is 6.11. The first kappa shape index (κ1) is 35.1. The van der Waals surface area contributed by atoms with Crippen molar-refractivity contribution in [3.05, 3.63) is 220 Å². The highest BCUT2D eigenvalue weighted by atomic mass is 16.3. The maximum Gasteiger partial charge on any atom is 0.159 e. The van der Waals surface area contributed by atoms with Crippen LogP contribution in [0.4, 0.5) is 5.69 Å². The van der Waals surface area contributed by atoms with Gasteiger partial charge in [-0.2, -0.15) is 0 Å². The number of furan rings is 1. The molecule has 5 aromatic rings. The fourth-order valence-corrected chi connectivity index (χ4v) is 9.31. The molecule has 0 aliphatic heterocycles. The van der Waals surface area contributed by atoms with Crippen LogP contribution in [0, 0.1) is 0 Å². The third-order valence-corrected chi connectivity index (χ3v) is 12.2. The molecule has 1 heterocycles. The standard InChI is InChI=1S/C54H48N2O/c1-4-16-37(17-5-1)41-20-14-21-42(36-41)45-34-35-50(54-52(45)48-25-11-13-29-51(48)57-54)56-49-28-12-10-24-44(49)39-30-32-40(33-31-39)47-27-15-26-46(38-18-6-2-7-19-38)53(47)55-43-22-8-3-9-23-43/h1-2,4-6,8,11-18,20-23,25-26,28-35,42,47,55-56H,3,7,9-10,19,24,27,36H2. The SMILES string of the molecule is C1=CCCC(C2=C(NC3=CCCC=C3)C(c3ccc(C4=C(Nc5ccc(C6C=CC=C(c7ccccc7)C6)c6c5oc5ccccc56)C=CCC4)cc3)CC=C2)=C1. The van der Waals surface area contributed by atoms with Gasteiger partial charge in [-0.15, -0.1) is 0 Å². The average molecular weight is 741 g/mol. The van der Waals surface area contributed by atoms with Crippen LogP contribution in [0.1, 0.15) is 85.5 Å². The lowest BCUT2D eigenvalue weighted by Gasteiger charge is -2.29. The molecular weight excluding hydrogens is 693 g/mol. The van der Waals surface area contributed by atoms with Crippen molar-refractivity contribution in [2.24, 2.45) is 0 Å². The second-order valence-corrected chi connectivity index (χ2v) is 15.8. The van der Waals surface area contributed by atoms with Crippen LogP contribution in [0.5, 0.6) is 0 Å². The summed E-state index contributed by atoms with van der Waals surface area (Å²) in [5.41, 5.74) is 17.2. The molecule has 5 aliphatic rings. The van der Waals surface area contributed by atoms with Crippen LogP contribution in [0.3, 0.4) is 0 Å². The molecule has 5 aliphatic carbocycles. The van der Waals surface area contributed by atoms with Gasteiger partial charge in [0.05, 0.1) is 5.69 Å². The van der Waals surface area contributed by atoms with Gasteiger partial charge < -0.3 is 15.1 Å². The summed E-state index contributed by atoms with van der Waals surface area (Å²) in [4.78, 5) is 0. The molecular formula is C54H48N2O. The summed E-state index contributed by atoms with van der Waals surface area (Å²) < 4.78 is 6.73. The molecule has 2 atom stereocenters. The summed E-state index contributed by atoms with van der Waals surface area (Å²) in [6.45, 7) is 0. The van der Waals surface area contributed by atoms with Gasteiger partial charge in [0.25, 0.3) is 0 Å². The number of rotatable bonds is 9. The molecule has 2 unspecified atom stereocenters. The van der Waals surface area contributed by atoms with Crippen molar-refractivity contribution < 1.29 is 4.42 Å². The lowest BCUT2D eigenvalue weighted by Crippen LogP contribution is -2.23. The van der Waals surface area contributed by atoms with Gasteiger partial charge in [-0.05, 0) is 120 Å². The van der Waals surface area contributed by atoms with Crippen LogP contribution in [-0.2, 0) is 0 Å². The van der Waals surface area contributed by atoms with Gasteiger partial charge in [-0.25, -0.2) is 0 Å². The number of para-hydroxylation sites is 1. The molecule has 0 fully saturated rings. The minimum absolute atomic E-state index is 0.249. The molecule has 1 aromatic heterocycles. The molecule has 280 valence electrons. The van der Waals surface area contributed by atoms with E-state index in [-0.39, 0.29) is 11.8 Å².